The molecule has 0 atom stereocenters. The predicted octanol–water partition coefficient (Wildman–Crippen LogP) is 2.18. The number of hydrogen-bond donors (Lipinski definition) is 0. The van der Waals surface area contributed by atoms with Gasteiger partial charge in [0.25, 0.3) is 0 Å². The van der Waals surface area contributed by atoms with E-state index in [1.165, 1.54) is 6.07 Å². The molecule has 1 amide bonds. The summed E-state index contributed by atoms with van der Waals surface area (Å²) in [6.07, 6.45) is 1.39. The minimum Gasteiger partial charge on any atom is -0.338 e. The fraction of sp³-hybridized carbons (Fsp3) is 0.400. The molecule has 2 aliphatic rings. The van der Waals surface area contributed by atoms with Crippen LogP contribution in [-0.2, 0) is 10.2 Å². The number of hydrogen-bond acceptors (Lipinski definition) is 5. The van der Waals surface area contributed by atoms with Gasteiger partial charge in [0.1, 0.15) is 17.6 Å². The second-order valence-electron chi connectivity index (χ2n) is 7.15. The molecule has 138 valence electrons. The molecule has 0 bridgehead atoms. The first-order valence-electron chi connectivity index (χ1n) is 9.09. The summed E-state index contributed by atoms with van der Waals surface area (Å²) in [5.41, 5.74) is 0.901. The maximum Gasteiger partial charge on any atom is 0.233 e. The van der Waals surface area contributed by atoms with Gasteiger partial charge in [-0.15, -0.1) is 0 Å². The zero-order valence-corrected chi connectivity index (χ0v) is 15.2. The Morgan fingerprint density at radius 3 is 2.52 bits per heavy atom. The van der Waals surface area contributed by atoms with Crippen molar-refractivity contribution in [3.8, 4) is 6.07 Å². The highest BCUT2D eigenvalue weighted by molar-refractivity contribution is 5.91. The van der Waals surface area contributed by atoms with Crippen molar-refractivity contribution in [3.05, 3.63) is 53.1 Å². The average molecular weight is 365 g/mol. The highest BCUT2D eigenvalue weighted by Crippen LogP contribution is 2.50. The molecule has 0 unspecified atom stereocenters. The van der Waals surface area contributed by atoms with Crippen molar-refractivity contribution in [2.75, 3.05) is 31.1 Å². The number of carbonyl (C=O) groups is 1. The van der Waals surface area contributed by atoms with Gasteiger partial charge in [-0.2, -0.15) is 5.26 Å². The van der Waals surface area contributed by atoms with Gasteiger partial charge in [0.05, 0.1) is 5.41 Å². The standard InChI is InChI=1S/C20H20FN5O/c1-14-12-15(13-22)24-19(23-14)26-10-8-25(9-11-26)18(27)20(6-7-20)16-4-2-3-5-17(16)21/h2-5,12H,6-11H2,1H3. The lowest BCUT2D eigenvalue weighted by Gasteiger charge is -2.36. The Hall–Kier alpha value is -3.01. The zero-order chi connectivity index (χ0) is 19.0. The Labute approximate surface area is 157 Å². The van der Waals surface area contributed by atoms with Crippen LogP contribution in [-0.4, -0.2) is 47.0 Å². The number of piperazine rings is 1. The van der Waals surface area contributed by atoms with Crippen LogP contribution < -0.4 is 4.90 Å². The predicted molar refractivity (Wildman–Crippen MR) is 97.6 cm³/mol. The van der Waals surface area contributed by atoms with Gasteiger partial charge in [0.2, 0.25) is 11.9 Å². The molecule has 1 aromatic heterocycles. The van der Waals surface area contributed by atoms with Gasteiger partial charge in [-0.1, -0.05) is 18.2 Å². The minimum atomic E-state index is -0.693. The van der Waals surface area contributed by atoms with E-state index in [1.54, 1.807) is 24.3 Å². The minimum absolute atomic E-state index is 0.00937. The van der Waals surface area contributed by atoms with E-state index in [4.69, 9.17) is 5.26 Å². The number of aryl methyl sites for hydroxylation is 1. The maximum absolute atomic E-state index is 14.2. The molecule has 27 heavy (non-hydrogen) atoms. The first-order chi connectivity index (χ1) is 13.0. The molecule has 1 aromatic carbocycles. The number of halogens is 1. The summed E-state index contributed by atoms with van der Waals surface area (Å²) >= 11 is 0. The molecule has 1 aliphatic carbocycles. The molecular formula is C20H20FN5O. The lowest BCUT2D eigenvalue weighted by atomic mass is 9.93. The van der Waals surface area contributed by atoms with E-state index >= 15 is 0 Å². The molecule has 2 fully saturated rings. The van der Waals surface area contributed by atoms with Crippen LogP contribution in [0.5, 0.6) is 0 Å². The summed E-state index contributed by atoms with van der Waals surface area (Å²) in [7, 11) is 0. The topological polar surface area (TPSA) is 73.1 Å². The summed E-state index contributed by atoms with van der Waals surface area (Å²) in [6.45, 7) is 4.08. The fourth-order valence-corrected chi connectivity index (χ4v) is 3.74. The number of nitrogens with zero attached hydrogens (tertiary/aromatic N) is 5. The fourth-order valence-electron chi connectivity index (χ4n) is 3.74. The third-order valence-electron chi connectivity index (χ3n) is 5.36. The third-order valence-corrected chi connectivity index (χ3v) is 5.36. The monoisotopic (exact) mass is 365 g/mol. The Kier molecular flexibility index (Phi) is 4.27. The second-order valence-corrected chi connectivity index (χ2v) is 7.15. The van der Waals surface area contributed by atoms with Crippen molar-refractivity contribution in [3.63, 3.8) is 0 Å². The second kappa shape index (κ2) is 6.62. The number of nitriles is 1. The van der Waals surface area contributed by atoms with Gasteiger partial charge in [0, 0.05) is 37.4 Å². The van der Waals surface area contributed by atoms with Gasteiger partial charge in [-0.05, 0) is 31.9 Å². The van der Waals surface area contributed by atoms with E-state index in [1.807, 2.05) is 22.8 Å². The quantitative estimate of drug-likeness (QED) is 0.834. The summed E-state index contributed by atoms with van der Waals surface area (Å²) in [5, 5.41) is 9.08. The molecule has 0 radical (unpaired) electrons. The normalized spacial score (nSPS) is 18.1. The Bertz CT molecular complexity index is 926. The molecular weight excluding hydrogens is 345 g/mol. The van der Waals surface area contributed by atoms with E-state index in [2.05, 4.69) is 9.97 Å². The van der Waals surface area contributed by atoms with Crippen molar-refractivity contribution >= 4 is 11.9 Å². The van der Waals surface area contributed by atoms with Crippen LogP contribution in [0.25, 0.3) is 0 Å². The summed E-state index contributed by atoms with van der Waals surface area (Å²) in [5.74, 6) is 0.225. The Morgan fingerprint density at radius 2 is 1.89 bits per heavy atom. The summed E-state index contributed by atoms with van der Waals surface area (Å²) < 4.78 is 14.2. The van der Waals surface area contributed by atoms with Crippen molar-refractivity contribution in [2.45, 2.75) is 25.2 Å². The molecule has 1 saturated heterocycles. The smallest absolute Gasteiger partial charge is 0.233 e. The number of carbonyl (C=O) groups excluding carboxylic acids is 1. The highest BCUT2D eigenvalue weighted by atomic mass is 19.1. The van der Waals surface area contributed by atoms with E-state index in [0.29, 0.717) is 56.2 Å². The molecule has 0 N–H and O–H groups in total. The molecule has 7 heteroatoms. The van der Waals surface area contributed by atoms with Gasteiger partial charge in [-0.3, -0.25) is 4.79 Å². The van der Waals surface area contributed by atoms with E-state index in [-0.39, 0.29) is 11.7 Å². The highest BCUT2D eigenvalue weighted by Gasteiger charge is 2.54. The van der Waals surface area contributed by atoms with Gasteiger partial charge in [-0.25, -0.2) is 14.4 Å². The van der Waals surface area contributed by atoms with Gasteiger partial charge >= 0.3 is 0 Å². The summed E-state index contributed by atoms with van der Waals surface area (Å²) in [4.78, 5) is 25.6. The van der Waals surface area contributed by atoms with Crippen molar-refractivity contribution < 1.29 is 9.18 Å². The van der Waals surface area contributed by atoms with Crippen LogP contribution in [0, 0.1) is 24.1 Å². The number of benzene rings is 1. The first kappa shape index (κ1) is 17.4. The van der Waals surface area contributed by atoms with Gasteiger partial charge < -0.3 is 9.80 Å². The largest absolute Gasteiger partial charge is 0.338 e. The van der Waals surface area contributed by atoms with Crippen molar-refractivity contribution in [2.24, 2.45) is 0 Å². The van der Waals surface area contributed by atoms with Crippen LogP contribution in [0.3, 0.4) is 0 Å². The lowest BCUT2D eigenvalue weighted by molar-refractivity contribution is -0.134. The van der Waals surface area contributed by atoms with E-state index in [9.17, 15) is 9.18 Å². The molecule has 2 aromatic rings. The third kappa shape index (κ3) is 3.12. The maximum atomic E-state index is 14.2. The molecule has 6 nitrogen and oxygen atoms in total. The SMILES string of the molecule is Cc1cc(C#N)nc(N2CCN(C(=O)C3(c4ccccc4F)CC3)CC2)n1. The van der Waals surface area contributed by atoms with Crippen LogP contribution in [0.15, 0.2) is 30.3 Å². The number of aromatic nitrogens is 2. The van der Waals surface area contributed by atoms with Crippen LogP contribution in [0.2, 0.25) is 0 Å². The number of rotatable bonds is 3. The number of anilines is 1. The molecule has 2 heterocycles. The Balaban J connectivity index is 1.47. The average Bonchev–Trinajstić information content (AvgIpc) is 3.49. The number of amides is 1. The molecule has 0 spiro atoms. The van der Waals surface area contributed by atoms with Crippen molar-refractivity contribution in [1.29, 1.82) is 5.26 Å². The lowest BCUT2D eigenvalue weighted by Crippen LogP contribution is -2.52. The zero-order valence-electron chi connectivity index (χ0n) is 15.2. The van der Waals surface area contributed by atoms with E-state index < -0.39 is 5.41 Å². The summed E-state index contributed by atoms with van der Waals surface area (Å²) in [6, 6.07) is 10.3. The van der Waals surface area contributed by atoms with Gasteiger partial charge in [0.15, 0.2) is 0 Å². The van der Waals surface area contributed by atoms with Crippen LogP contribution in [0.1, 0.15) is 29.8 Å². The molecule has 4 rings (SSSR count). The van der Waals surface area contributed by atoms with Crippen LogP contribution >= 0.6 is 0 Å². The molecule has 1 saturated carbocycles. The first-order valence-corrected chi connectivity index (χ1v) is 9.09. The van der Waals surface area contributed by atoms with E-state index in [0.717, 1.165) is 5.69 Å². The van der Waals surface area contributed by atoms with Crippen molar-refractivity contribution in [1.82, 2.24) is 14.9 Å². The Morgan fingerprint density at radius 1 is 1.19 bits per heavy atom. The molecule has 1 aliphatic heterocycles. The van der Waals surface area contributed by atoms with Crippen LogP contribution in [0.4, 0.5) is 10.3 Å².